The summed E-state index contributed by atoms with van der Waals surface area (Å²) >= 11 is 0. The first-order valence-corrected chi connectivity index (χ1v) is 26.6. The van der Waals surface area contributed by atoms with Gasteiger partial charge in [-0.3, -0.25) is 0 Å². The fourth-order valence-corrected chi connectivity index (χ4v) is 2.81. The zero-order valence-corrected chi connectivity index (χ0v) is 52.2. The molecule has 0 saturated heterocycles. The number of halogens is 12. The molecule has 0 aliphatic rings. The Morgan fingerprint density at radius 3 is 0.682 bits per heavy atom. The van der Waals surface area contributed by atoms with Gasteiger partial charge in [0.2, 0.25) is 0 Å². The van der Waals surface area contributed by atoms with Gasteiger partial charge in [0.15, 0.2) is 0 Å². The molecular formula is C57H102F12O19. The van der Waals surface area contributed by atoms with Crippen LogP contribution < -0.4 is 0 Å². The molecule has 0 rings (SSSR count). The van der Waals surface area contributed by atoms with Gasteiger partial charge in [0, 0.05) is 33.0 Å². The van der Waals surface area contributed by atoms with E-state index >= 15 is 0 Å². The molecule has 528 valence electrons. The third-order valence-electron chi connectivity index (χ3n) is 8.19. The number of aliphatic hydroxyl groups is 19. The summed E-state index contributed by atoms with van der Waals surface area (Å²) in [5, 5.41) is 156. The third-order valence-corrected chi connectivity index (χ3v) is 8.19. The summed E-state index contributed by atoms with van der Waals surface area (Å²) in [5.41, 5.74) is -3.97. The van der Waals surface area contributed by atoms with Crippen molar-refractivity contribution >= 4 is 0 Å². The molecule has 0 aromatic heterocycles. The minimum absolute atomic E-state index is 0.0144. The van der Waals surface area contributed by atoms with E-state index in [9.17, 15) is 62.9 Å². The zero-order valence-electron chi connectivity index (χ0n) is 52.2. The summed E-state index contributed by atoms with van der Waals surface area (Å²) in [7, 11) is 0. The van der Waals surface area contributed by atoms with Crippen LogP contribution >= 0.6 is 0 Å². The van der Waals surface area contributed by atoms with Crippen molar-refractivity contribution in [1.82, 2.24) is 0 Å². The lowest BCUT2D eigenvalue weighted by atomic mass is 9.99. The smallest absolute Gasteiger partial charge is 0.380 e. The van der Waals surface area contributed by atoms with Gasteiger partial charge < -0.3 is 97.0 Å². The first-order chi connectivity index (χ1) is 40.2. The predicted molar refractivity (Wildman–Crippen MR) is 308 cm³/mol. The molecule has 0 bridgehead atoms. The molecule has 0 aromatic rings. The Kier molecular flexibility index (Phi) is 81.3. The fraction of sp³-hybridized carbons (Fsp3) is 0.789. The molecule has 0 radical (unpaired) electrons. The molecule has 0 amide bonds. The highest BCUT2D eigenvalue weighted by Crippen LogP contribution is 2.52. The first kappa shape index (κ1) is 109. The highest BCUT2D eigenvalue weighted by Gasteiger charge is 2.80. The van der Waals surface area contributed by atoms with Crippen LogP contribution in [0.25, 0.3) is 0 Å². The molecule has 0 spiro atoms. The summed E-state index contributed by atoms with van der Waals surface area (Å²) in [6.45, 7) is 10.4. The number of hydrogen-bond donors (Lipinski definition) is 19. The highest BCUT2D eigenvalue weighted by atomic mass is 19.4. The van der Waals surface area contributed by atoms with Crippen LogP contribution in [0.4, 0.5) is 52.7 Å². The van der Waals surface area contributed by atoms with E-state index in [-0.39, 0.29) is 59.5 Å². The quantitative estimate of drug-likeness (QED) is 0.0361. The summed E-state index contributed by atoms with van der Waals surface area (Å²) in [5.74, 6) is -9.47. The van der Waals surface area contributed by atoms with Crippen molar-refractivity contribution in [1.29, 1.82) is 0 Å². The van der Waals surface area contributed by atoms with Crippen molar-refractivity contribution in [2.24, 2.45) is 0 Å². The Labute approximate surface area is 511 Å². The Morgan fingerprint density at radius 1 is 0.318 bits per heavy atom. The second-order valence-electron chi connectivity index (χ2n) is 17.9. The lowest BCUT2D eigenvalue weighted by molar-refractivity contribution is -0.373. The van der Waals surface area contributed by atoms with Crippen molar-refractivity contribution in [2.45, 2.75) is 192 Å². The molecule has 0 fully saturated rings. The molecule has 0 saturated carbocycles. The predicted octanol–water partition coefficient (Wildman–Crippen LogP) is 2.77. The number of alkyl halides is 12. The number of unbranched alkanes of at least 4 members (excludes halogenated alkanes) is 4. The van der Waals surface area contributed by atoms with E-state index in [1.54, 1.807) is 48.5 Å². The first-order valence-electron chi connectivity index (χ1n) is 26.6. The van der Waals surface area contributed by atoms with Crippen LogP contribution in [0.1, 0.15) is 134 Å². The molecule has 2 unspecified atom stereocenters. The number of rotatable bonds is 20. The average molecular weight is 1320 g/mol. The fourth-order valence-electron chi connectivity index (χ4n) is 2.81. The Balaban J connectivity index is -0.0000000844. The maximum absolute atomic E-state index is 12.4. The van der Waals surface area contributed by atoms with Gasteiger partial charge in [0.25, 0.3) is 0 Å². The maximum atomic E-state index is 12.4. The Bertz CT molecular complexity index is 1750. The summed E-state index contributed by atoms with van der Waals surface area (Å²) in [6.07, 6.45) is 10.9. The summed E-state index contributed by atoms with van der Waals surface area (Å²) in [4.78, 5) is 0. The van der Waals surface area contributed by atoms with Gasteiger partial charge in [-0.25, -0.2) is 0 Å². The summed E-state index contributed by atoms with van der Waals surface area (Å²) < 4.78 is 146. The molecule has 0 aromatic carbocycles. The van der Waals surface area contributed by atoms with E-state index < -0.39 is 84.4 Å². The van der Waals surface area contributed by atoms with E-state index in [2.05, 4.69) is 73.1 Å². The number of aliphatic hydroxyl groups excluding tert-OH is 15. The van der Waals surface area contributed by atoms with Gasteiger partial charge in [0.1, 0.15) is 75.3 Å². The monoisotopic (exact) mass is 1320 g/mol. The zero-order chi connectivity index (χ0) is 72.5. The summed E-state index contributed by atoms with van der Waals surface area (Å²) in [6, 6.07) is 0. The van der Waals surface area contributed by atoms with Crippen LogP contribution in [-0.4, -0.2) is 254 Å². The van der Waals surface area contributed by atoms with E-state index in [0.29, 0.717) is 26.1 Å². The molecule has 0 heterocycles. The lowest BCUT2D eigenvalue weighted by Crippen LogP contribution is -2.64. The molecule has 31 heteroatoms. The molecular weight excluding hydrogens is 1220 g/mol. The topological polar surface area (TPSA) is 384 Å². The van der Waals surface area contributed by atoms with Crippen molar-refractivity contribution in [3.8, 4) is 59.2 Å². The van der Waals surface area contributed by atoms with Crippen LogP contribution in [0.3, 0.4) is 0 Å². The third kappa shape index (κ3) is 78.0. The van der Waals surface area contributed by atoms with Gasteiger partial charge in [-0.05, 0) is 98.8 Å². The van der Waals surface area contributed by atoms with Gasteiger partial charge in [0.05, 0.1) is 13.2 Å². The Hall–Kier alpha value is -4.06. The van der Waals surface area contributed by atoms with E-state index in [4.69, 9.17) is 86.8 Å². The largest absolute Gasteiger partial charge is 0.397 e. The molecule has 88 heavy (non-hydrogen) atoms. The highest BCUT2D eigenvalue weighted by molar-refractivity contribution is 5.25. The van der Waals surface area contributed by atoms with Crippen molar-refractivity contribution in [3.05, 3.63) is 12.2 Å². The van der Waals surface area contributed by atoms with Gasteiger partial charge in [-0.1, -0.05) is 106 Å². The van der Waals surface area contributed by atoms with E-state index in [1.807, 2.05) is 13.8 Å². The second kappa shape index (κ2) is 65.9. The maximum Gasteiger partial charge on any atom is 0.380 e. The molecule has 2 atom stereocenters. The minimum Gasteiger partial charge on any atom is -0.397 e. The molecule has 0 aliphatic heterocycles. The van der Waals surface area contributed by atoms with Crippen molar-refractivity contribution in [2.75, 3.05) is 99.1 Å². The van der Waals surface area contributed by atoms with Crippen molar-refractivity contribution < 1.29 is 150 Å². The van der Waals surface area contributed by atoms with Crippen LogP contribution in [-0.2, 0) is 0 Å². The minimum atomic E-state index is -6.50. The van der Waals surface area contributed by atoms with Crippen LogP contribution in [0.15, 0.2) is 12.2 Å². The number of hydrogen-bond acceptors (Lipinski definition) is 19. The SMILES string of the molecule is CC(C)(O)C#CC(C)(C)O.CCC(C)(O)C#CC(C)(O)CC.CCCCCO.CCCCO.CCO.OC/C=C\CO.OCC#CC#CCO.OCC#CCO.OCC(F)(F)C(F)(F)C(F)(F)C(F)(F)CO.OCC(F)(F)C(F)(F)CO.OCCCCO. The molecule has 19 nitrogen and oxygen atoms in total. The van der Waals surface area contributed by atoms with Crippen molar-refractivity contribution in [3.63, 3.8) is 0 Å². The average Bonchev–Trinajstić information content (AvgIpc) is 3.21. The van der Waals surface area contributed by atoms with E-state index in [0.717, 1.165) is 38.5 Å². The lowest BCUT2D eigenvalue weighted by Gasteiger charge is -2.35. The molecule has 19 N–H and O–H groups in total. The normalized spacial score (nSPS) is 12.1. The van der Waals surface area contributed by atoms with Crippen LogP contribution in [0, 0.1) is 59.2 Å². The van der Waals surface area contributed by atoms with E-state index in [1.165, 1.54) is 18.6 Å². The van der Waals surface area contributed by atoms with Gasteiger partial charge in [-0.15, -0.1) is 0 Å². The van der Waals surface area contributed by atoms with Gasteiger partial charge in [-0.2, -0.15) is 52.7 Å². The second-order valence-corrected chi connectivity index (χ2v) is 17.9. The van der Waals surface area contributed by atoms with Gasteiger partial charge >= 0.3 is 35.5 Å². The molecule has 0 aliphatic carbocycles. The van der Waals surface area contributed by atoms with Crippen LogP contribution in [0.5, 0.6) is 0 Å². The standard InChI is InChI=1S/C10H18O2.C8H14O2.C6H6F8O2.C6H6O2.C5H12O.C4H6F4O2.C4H10O2.C4H8O2.C4H6O2.C4H10O.C2H6O/c1-5-9(3,11)7-8-10(4,12)6-2;1-7(2,9)5-6-8(3,4)10;7-3(8,1-15)5(11,12)6(13,14)4(9,10)2-16;7-5-3-1-2-4-6-8;1-2-3-4-5-6;5-3(6,1-9)4(7,8)2-10;3*5-3-1-2-4-6;1-2-3-4-5;1-2-3/h11-12H,5-6H2,1-4H3;9-10H,1-4H3;15-16H,1-2H2;7-8H,5-6H2;6H,2-5H2,1H3;9-10H,1-2H2;5-6H,1-4H2;1-2,5-6H,3-4H2;5-6H,3-4H2;5H,2-4H2,1H3;3H,2H2,1H3/b;;;;;;;2-1-;;;. The van der Waals surface area contributed by atoms with Crippen LogP contribution in [0.2, 0.25) is 0 Å². The Morgan fingerprint density at radius 2 is 0.545 bits per heavy atom.